The predicted octanol–water partition coefficient (Wildman–Crippen LogP) is 0.460. The summed E-state index contributed by atoms with van der Waals surface area (Å²) >= 11 is 1.24. The fourth-order valence-corrected chi connectivity index (χ4v) is 17.1. The van der Waals surface area contributed by atoms with E-state index in [9.17, 15) is 14.4 Å². The molecule has 1 aromatic carbocycles. The van der Waals surface area contributed by atoms with Gasteiger partial charge in [-0.25, -0.2) is 0 Å². The van der Waals surface area contributed by atoms with Crippen LogP contribution in [-0.2, 0) is 20.7 Å². The van der Waals surface area contributed by atoms with Gasteiger partial charge in [-0.3, -0.25) is 0 Å². The Morgan fingerprint density at radius 2 is 1.96 bits per heavy atom. The van der Waals surface area contributed by atoms with Gasteiger partial charge in [-0.15, -0.1) is 0 Å². The molecule has 3 rings (SSSR count). The zero-order valence-electron chi connectivity index (χ0n) is 16.2. The first-order valence-corrected chi connectivity index (χ1v) is 14.0. The Morgan fingerprint density at radius 1 is 1.32 bits per heavy atom. The number of ether oxygens (including phenoxy) is 1. The number of carbonyl (C=O) groups excluding carboxylic acids is 3. The van der Waals surface area contributed by atoms with E-state index in [1.54, 1.807) is 14.9 Å². The summed E-state index contributed by atoms with van der Waals surface area (Å²) in [4.78, 5) is 38.1. The van der Waals surface area contributed by atoms with E-state index < -0.39 is 29.0 Å². The number of nitrogens with one attached hydrogen (secondary N) is 1. The fourth-order valence-electron chi connectivity index (χ4n) is 3.02. The molecule has 1 unspecified atom stereocenters. The predicted molar refractivity (Wildman–Crippen MR) is 114 cm³/mol. The van der Waals surface area contributed by atoms with Gasteiger partial charge in [0.1, 0.15) is 0 Å². The molecule has 2 amide bonds. The molecule has 0 spiro atoms. The third-order valence-corrected chi connectivity index (χ3v) is 15.9. The quantitative estimate of drug-likeness (QED) is 0.124. The average molecular weight is 630 g/mol. The van der Waals surface area contributed by atoms with Crippen LogP contribution in [0.5, 0.6) is 0 Å². The number of thioether (sulfide) groups is 1. The van der Waals surface area contributed by atoms with Gasteiger partial charge >= 0.3 is 192 Å². The van der Waals surface area contributed by atoms with Crippen molar-refractivity contribution in [3.63, 3.8) is 0 Å². The molecule has 6 nitrogen and oxygen atoms in total. The molecule has 1 radical (unpaired) electrons. The minimum absolute atomic E-state index is 0.166. The number of hydrogen-bond acceptors (Lipinski definition) is 5. The molecule has 28 heavy (non-hydrogen) atoms. The summed E-state index contributed by atoms with van der Waals surface area (Å²) in [7, 11) is 0. The second-order valence-electron chi connectivity index (χ2n) is 7.56. The van der Waals surface area contributed by atoms with E-state index in [0.29, 0.717) is 6.61 Å². The molecule has 9 heteroatoms. The molecule has 2 fully saturated rings. The monoisotopic (exact) mass is 630 g/mol. The number of fused-ring (bicyclic) bond motifs is 1. The fraction of sp³-hybridized carbons (Fsp3) is 0.526. The van der Waals surface area contributed by atoms with Crippen molar-refractivity contribution in [3.05, 3.63) is 35.9 Å². The van der Waals surface area contributed by atoms with Crippen LogP contribution in [0.25, 0.3) is 0 Å². The van der Waals surface area contributed by atoms with Gasteiger partial charge in [-0.1, -0.05) is 0 Å². The van der Waals surface area contributed by atoms with E-state index in [0.717, 1.165) is 5.56 Å². The van der Waals surface area contributed by atoms with Crippen LogP contribution in [0.3, 0.4) is 0 Å². The minimum atomic E-state index is -2.58. The van der Waals surface area contributed by atoms with Crippen LogP contribution in [0, 0.1) is 5.92 Å². The number of benzene rings is 1. The first-order valence-electron chi connectivity index (χ1n) is 8.99. The van der Waals surface area contributed by atoms with E-state index in [-0.39, 0.29) is 30.9 Å². The Hall–Kier alpha value is -0.560. The molecule has 0 aliphatic carbocycles. The summed E-state index contributed by atoms with van der Waals surface area (Å²) < 4.78 is 6.03. The van der Waals surface area contributed by atoms with Gasteiger partial charge < -0.3 is 0 Å². The number of rotatable bonds is 6. The summed E-state index contributed by atoms with van der Waals surface area (Å²) in [5, 5.41) is 2.89. The summed E-state index contributed by atoms with van der Waals surface area (Å²) in [5.74, 6) is -0.103. The zero-order valence-corrected chi connectivity index (χ0v) is 21.3. The van der Waals surface area contributed by atoms with Crippen LogP contribution < -0.4 is 27.9 Å². The number of halogens is 2. The molecule has 1 N–H and O–H groups in total. The number of nitrogens with zero attached hydrogens (tertiary/aromatic N) is 1. The molecule has 2 saturated heterocycles. The second kappa shape index (κ2) is 8.29. The van der Waals surface area contributed by atoms with Crippen LogP contribution in [-0.4, -0.2) is 37.2 Å². The maximum absolute atomic E-state index is 12.9. The van der Waals surface area contributed by atoms with Crippen molar-refractivity contribution in [2.45, 2.75) is 45.8 Å². The molecule has 2 heterocycles. The normalized spacial score (nSPS) is 26.6. The Labute approximate surface area is 190 Å². The number of hydrogen-bond donors (Lipinski definition) is 1. The van der Waals surface area contributed by atoms with Crippen molar-refractivity contribution >= 4 is 47.6 Å². The van der Waals surface area contributed by atoms with Gasteiger partial charge in [0.2, 0.25) is 0 Å². The third kappa shape index (κ3) is 4.16. The van der Waals surface area contributed by atoms with Gasteiger partial charge in [-0.05, 0) is 0 Å². The topological polar surface area (TPSA) is 75.7 Å². The summed E-state index contributed by atoms with van der Waals surface area (Å²) in [6, 6.07) is 8.82. The van der Waals surface area contributed by atoms with Gasteiger partial charge in [0, 0.05) is 0 Å². The molecule has 0 aromatic heterocycles. The third-order valence-electron chi connectivity index (χ3n) is 4.24. The molecular weight excluding hydrogens is 606 g/mol. The summed E-state index contributed by atoms with van der Waals surface area (Å²) in [5.41, 5.74) is 0.899. The molecule has 2 aliphatic rings. The molecule has 0 saturated carbocycles. The van der Waals surface area contributed by atoms with E-state index in [4.69, 9.17) is 4.74 Å². The average Bonchev–Trinajstić information content (AvgIpc) is 2.81. The summed E-state index contributed by atoms with van der Waals surface area (Å²) in [6.45, 7) is 8.35. The molecular formula is C19H24I2N2O4S-. The van der Waals surface area contributed by atoms with Crippen molar-refractivity contribution in [1.82, 2.24) is 8.43 Å². The number of amides is 2. The summed E-state index contributed by atoms with van der Waals surface area (Å²) in [6.07, 6.45) is 0.226. The van der Waals surface area contributed by atoms with E-state index in [2.05, 4.69) is 27.9 Å². The Kier molecular flexibility index (Phi) is 6.55. The van der Waals surface area contributed by atoms with Crippen LogP contribution in [0.15, 0.2) is 30.3 Å². The van der Waals surface area contributed by atoms with E-state index in [1.807, 2.05) is 58.0 Å². The van der Waals surface area contributed by atoms with Crippen LogP contribution in [0.2, 0.25) is 0 Å². The number of carbonyl (C=O) groups is 3. The van der Waals surface area contributed by atoms with Gasteiger partial charge in [0.15, 0.2) is 0 Å². The molecule has 0 bridgehead atoms. The van der Waals surface area contributed by atoms with Gasteiger partial charge in [-0.2, -0.15) is 0 Å². The molecule has 1 aromatic rings. The van der Waals surface area contributed by atoms with Crippen LogP contribution >= 0.6 is 31.9 Å². The zero-order chi connectivity index (χ0) is 20.7. The van der Waals surface area contributed by atoms with Gasteiger partial charge in [0.25, 0.3) is 0 Å². The Balaban J connectivity index is 1.71. The molecule has 2 aliphatic heterocycles. The SMILES string of the molecule is CC(C)COC(=O)I1N2C(=O)[C@@H](NC(=O)Cc3ccccc3)C2([I-])SC1(C)C. The first kappa shape index (κ1) is 22.1. The molecule has 155 valence electrons. The van der Waals surface area contributed by atoms with Crippen molar-refractivity contribution in [2.75, 3.05) is 6.61 Å². The Morgan fingerprint density at radius 3 is 2.57 bits per heavy atom. The van der Waals surface area contributed by atoms with Gasteiger partial charge in [0.05, 0.1) is 0 Å². The van der Waals surface area contributed by atoms with Crippen molar-refractivity contribution in [1.29, 1.82) is 0 Å². The first-order chi connectivity index (χ1) is 13.1. The van der Waals surface area contributed by atoms with Crippen molar-refractivity contribution in [3.8, 4) is 0 Å². The van der Waals surface area contributed by atoms with Crippen LogP contribution in [0.4, 0.5) is 4.79 Å². The Bertz CT molecular complexity index is 789. The van der Waals surface area contributed by atoms with E-state index >= 15 is 0 Å². The maximum atomic E-state index is 12.9. The van der Waals surface area contributed by atoms with Crippen molar-refractivity contribution in [2.24, 2.45) is 5.92 Å². The van der Waals surface area contributed by atoms with Crippen LogP contribution in [0.1, 0.15) is 33.3 Å². The van der Waals surface area contributed by atoms with Crippen molar-refractivity contribution < 1.29 is 41.7 Å². The number of alkyl halides is 2. The number of β-lactam (4-membered cyclic amide) rings is 1. The molecule has 2 atom stereocenters. The second-order valence-corrected chi connectivity index (χ2v) is 18.6. The van der Waals surface area contributed by atoms with E-state index in [1.165, 1.54) is 0 Å². The standard InChI is InChI=1S/C19H24I2N2O4S/c1-12(2)11-27-17(26)21-18(3,4)28-19(20)15(16(25)23(19)21)22-14(24)10-13-8-6-5-7-9-13/h5-9,12,15H,10-11H2,1-4H3,(H,22,24)/q-1/t15-,19?/m1/s1.